The lowest BCUT2D eigenvalue weighted by Gasteiger charge is -2.32. The van der Waals surface area contributed by atoms with E-state index in [2.05, 4.69) is 10.4 Å². The molecule has 1 atom stereocenters. The molecule has 4 amide bonds. The topological polar surface area (TPSA) is 87.5 Å². The molecule has 1 aliphatic rings. The van der Waals surface area contributed by atoms with Crippen LogP contribution in [0.4, 0.5) is 4.79 Å². The van der Waals surface area contributed by atoms with Crippen molar-refractivity contribution in [2.75, 3.05) is 26.2 Å². The molecule has 1 N–H and O–H groups in total. The van der Waals surface area contributed by atoms with E-state index in [0.29, 0.717) is 13.1 Å². The van der Waals surface area contributed by atoms with Crippen molar-refractivity contribution in [3.63, 3.8) is 0 Å². The van der Waals surface area contributed by atoms with Crippen molar-refractivity contribution < 1.29 is 14.4 Å². The number of thiophene rings is 1. The molecule has 8 nitrogen and oxygen atoms in total. The summed E-state index contributed by atoms with van der Waals surface area (Å²) in [7, 11) is 0. The molecule has 1 fully saturated rings. The highest BCUT2D eigenvalue weighted by atomic mass is 32.1. The maximum atomic E-state index is 12.4. The first-order valence-electron chi connectivity index (χ1n) is 8.03. The van der Waals surface area contributed by atoms with Gasteiger partial charge >= 0.3 is 17.8 Å². The third-order valence-electron chi connectivity index (χ3n) is 4.10. The number of hydrogen-bond donors (Lipinski definition) is 1. The Morgan fingerprint density at radius 1 is 1.32 bits per heavy atom. The summed E-state index contributed by atoms with van der Waals surface area (Å²) in [6, 6.07) is 5.00. The van der Waals surface area contributed by atoms with E-state index in [4.69, 9.17) is 0 Å². The zero-order chi connectivity index (χ0) is 17.8. The Morgan fingerprint density at radius 2 is 2.16 bits per heavy atom. The highest BCUT2D eigenvalue weighted by molar-refractivity contribution is 7.10. The summed E-state index contributed by atoms with van der Waals surface area (Å²) in [5.41, 5.74) is 0. The first kappa shape index (κ1) is 17.2. The Balaban J connectivity index is 1.66. The van der Waals surface area contributed by atoms with Gasteiger partial charge in [0.05, 0.1) is 0 Å². The van der Waals surface area contributed by atoms with Gasteiger partial charge in [-0.3, -0.25) is 19.2 Å². The molecule has 1 aliphatic heterocycles. The Labute approximate surface area is 149 Å². The van der Waals surface area contributed by atoms with Crippen molar-refractivity contribution in [2.24, 2.45) is 0 Å². The number of nitrogens with one attached hydrogen (secondary N) is 1. The molecular weight excluding hydrogens is 342 g/mol. The Hall–Kier alpha value is -2.68. The van der Waals surface area contributed by atoms with Crippen molar-refractivity contribution >= 4 is 29.2 Å². The minimum absolute atomic E-state index is 0.165. The van der Waals surface area contributed by atoms with Gasteiger partial charge in [0, 0.05) is 43.4 Å². The lowest BCUT2D eigenvalue weighted by molar-refractivity contribution is -0.153. The number of rotatable bonds is 5. The molecule has 0 aromatic carbocycles. The van der Waals surface area contributed by atoms with Crippen LogP contribution in [0, 0.1) is 0 Å². The van der Waals surface area contributed by atoms with Gasteiger partial charge < -0.3 is 10.2 Å². The van der Waals surface area contributed by atoms with Crippen LogP contribution < -0.4 is 5.32 Å². The molecule has 9 heteroatoms. The third-order valence-corrected chi connectivity index (χ3v) is 5.07. The molecule has 132 valence electrons. The van der Waals surface area contributed by atoms with Crippen molar-refractivity contribution in [1.82, 2.24) is 24.9 Å². The molecule has 0 bridgehead atoms. The minimum atomic E-state index is -0.780. The molecule has 0 saturated carbocycles. The van der Waals surface area contributed by atoms with Crippen molar-refractivity contribution in [2.45, 2.75) is 13.0 Å². The average Bonchev–Trinajstić information content (AvgIpc) is 3.31. The largest absolute Gasteiger partial charge is 0.335 e. The second-order valence-corrected chi connectivity index (χ2v) is 6.52. The molecule has 0 aliphatic carbocycles. The summed E-state index contributed by atoms with van der Waals surface area (Å²) in [5, 5.41) is 8.95. The molecule has 1 unspecified atom stereocenters. The zero-order valence-corrected chi connectivity index (χ0v) is 14.6. The molecule has 1 saturated heterocycles. The fraction of sp³-hybridized carbons (Fsp3) is 0.375. The van der Waals surface area contributed by atoms with Gasteiger partial charge in [-0.15, -0.1) is 11.3 Å². The van der Waals surface area contributed by atoms with Crippen LogP contribution >= 0.6 is 11.3 Å². The fourth-order valence-corrected chi connectivity index (χ4v) is 3.54. The third kappa shape index (κ3) is 3.55. The van der Waals surface area contributed by atoms with E-state index in [-0.39, 0.29) is 19.1 Å². The van der Waals surface area contributed by atoms with Gasteiger partial charge in [-0.2, -0.15) is 5.10 Å². The number of urea groups is 1. The Bertz CT molecular complexity index is 710. The van der Waals surface area contributed by atoms with E-state index in [1.807, 2.05) is 29.8 Å². The number of hydrogen-bond acceptors (Lipinski definition) is 5. The number of amides is 4. The molecule has 2 aromatic rings. The monoisotopic (exact) mass is 361 g/mol. The number of carbonyl (C=O) groups is 3. The average molecular weight is 361 g/mol. The normalized spacial score (nSPS) is 16.2. The van der Waals surface area contributed by atoms with E-state index in [0.717, 1.165) is 9.78 Å². The minimum Gasteiger partial charge on any atom is -0.335 e. The van der Waals surface area contributed by atoms with Crippen molar-refractivity contribution in [1.29, 1.82) is 0 Å². The molecular formula is C16H19N5O3S. The number of imide groups is 1. The summed E-state index contributed by atoms with van der Waals surface area (Å²) in [4.78, 5) is 39.9. The van der Waals surface area contributed by atoms with E-state index in [9.17, 15) is 14.4 Å². The molecule has 2 aromatic heterocycles. The highest BCUT2D eigenvalue weighted by Crippen LogP contribution is 2.22. The van der Waals surface area contributed by atoms with Gasteiger partial charge in [0.2, 0.25) is 0 Å². The van der Waals surface area contributed by atoms with Crippen LogP contribution in [0.1, 0.15) is 17.8 Å². The predicted octanol–water partition coefficient (Wildman–Crippen LogP) is 0.934. The summed E-state index contributed by atoms with van der Waals surface area (Å²) in [5.74, 6) is -1.41. The zero-order valence-electron chi connectivity index (χ0n) is 13.8. The van der Waals surface area contributed by atoms with Gasteiger partial charge in [0.15, 0.2) is 0 Å². The second-order valence-electron chi connectivity index (χ2n) is 5.54. The van der Waals surface area contributed by atoms with Gasteiger partial charge in [-0.05, 0) is 24.4 Å². The highest BCUT2D eigenvalue weighted by Gasteiger charge is 2.35. The van der Waals surface area contributed by atoms with Crippen LogP contribution in [0.15, 0.2) is 36.0 Å². The van der Waals surface area contributed by atoms with Crippen molar-refractivity contribution in [3.8, 4) is 0 Å². The lowest BCUT2D eigenvalue weighted by atomic mass is 10.2. The predicted molar refractivity (Wildman–Crippen MR) is 92.1 cm³/mol. The van der Waals surface area contributed by atoms with E-state index in [1.54, 1.807) is 29.1 Å². The SMILES string of the molecule is CCN1CCN(C(=O)NCC(c2cccs2)n2cccn2)C(=O)C1=O. The van der Waals surface area contributed by atoms with E-state index >= 15 is 0 Å². The van der Waals surface area contributed by atoms with Crippen LogP contribution in [0.25, 0.3) is 0 Å². The molecule has 3 heterocycles. The van der Waals surface area contributed by atoms with Crippen LogP contribution in [-0.2, 0) is 9.59 Å². The first-order chi connectivity index (χ1) is 12.1. The number of piperazine rings is 1. The summed E-state index contributed by atoms with van der Waals surface area (Å²) in [6.45, 7) is 3.10. The quantitative estimate of drug-likeness (QED) is 0.803. The maximum Gasteiger partial charge on any atom is 0.324 e. The smallest absolute Gasteiger partial charge is 0.324 e. The summed E-state index contributed by atoms with van der Waals surface area (Å²) in [6.07, 6.45) is 3.50. The van der Waals surface area contributed by atoms with Gasteiger partial charge in [0.25, 0.3) is 0 Å². The standard InChI is InChI=1S/C16H19N5O3S/c1-2-19-8-9-20(15(23)14(19)22)16(24)17-11-12(13-5-3-10-25-13)21-7-4-6-18-21/h3-7,10,12H,2,8-9,11H2,1H3,(H,17,24). The number of carbonyl (C=O) groups excluding carboxylic acids is 3. The lowest BCUT2D eigenvalue weighted by Crippen LogP contribution is -2.58. The van der Waals surface area contributed by atoms with Crippen molar-refractivity contribution in [3.05, 3.63) is 40.8 Å². The Morgan fingerprint density at radius 3 is 2.80 bits per heavy atom. The van der Waals surface area contributed by atoms with Crippen LogP contribution in [0.2, 0.25) is 0 Å². The second kappa shape index (κ2) is 7.47. The Kier molecular flexibility index (Phi) is 5.13. The van der Waals surface area contributed by atoms with E-state index < -0.39 is 17.8 Å². The molecule has 25 heavy (non-hydrogen) atoms. The van der Waals surface area contributed by atoms with Crippen LogP contribution in [0.3, 0.4) is 0 Å². The molecule has 0 radical (unpaired) electrons. The number of aromatic nitrogens is 2. The molecule has 0 spiro atoms. The maximum absolute atomic E-state index is 12.4. The van der Waals surface area contributed by atoms with Gasteiger partial charge in [-0.1, -0.05) is 6.07 Å². The van der Waals surface area contributed by atoms with Gasteiger partial charge in [0.1, 0.15) is 6.04 Å². The summed E-state index contributed by atoms with van der Waals surface area (Å²) < 4.78 is 1.76. The number of nitrogens with zero attached hydrogens (tertiary/aromatic N) is 4. The molecule has 3 rings (SSSR count). The first-order valence-corrected chi connectivity index (χ1v) is 8.91. The number of likely N-dealkylation sites (N-methyl/N-ethyl adjacent to an activating group) is 1. The van der Waals surface area contributed by atoms with Crippen LogP contribution in [-0.4, -0.2) is 63.6 Å². The van der Waals surface area contributed by atoms with E-state index in [1.165, 1.54) is 4.90 Å². The van der Waals surface area contributed by atoms with Crippen LogP contribution in [0.5, 0.6) is 0 Å². The van der Waals surface area contributed by atoms with Gasteiger partial charge in [-0.25, -0.2) is 4.79 Å². The fourth-order valence-electron chi connectivity index (χ4n) is 2.72. The summed E-state index contributed by atoms with van der Waals surface area (Å²) >= 11 is 1.57.